The molecule has 1 saturated heterocycles. The molecule has 1 heterocycles. The molecule has 0 aromatic heterocycles. The molecule has 1 aliphatic heterocycles. The van der Waals surface area contributed by atoms with Gasteiger partial charge in [-0.1, -0.05) is 18.2 Å². The smallest absolute Gasteiger partial charge is 0.258 e. The van der Waals surface area contributed by atoms with E-state index >= 15 is 0 Å². The lowest BCUT2D eigenvalue weighted by Crippen LogP contribution is -2.39. The second-order valence-electron chi connectivity index (χ2n) is 3.86. The number of nitrogens with one attached hydrogen (secondary N) is 2. The average molecular weight is 257 g/mol. The van der Waals surface area contributed by atoms with Gasteiger partial charge in [-0.05, 0) is 25.1 Å². The van der Waals surface area contributed by atoms with Gasteiger partial charge in [0, 0.05) is 12.6 Å². The predicted molar refractivity (Wildman–Crippen MR) is 68.6 cm³/mol. The van der Waals surface area contributed by atoms with Crippen LogP contribution in [0.5, 0.6) is 5.75 Å². The lowest BCUT2D eigenvalue weighted by Gasteiger charge is -2.11. The van der Waals surface area contributed by atoms with E-state index in [9.17, 15) is 4.79 Å². The van der Waals surface area contributed by atoms with Crippen molar-refractivity contribution >= 4 is 18.3 Å². The van der Waals surface area contributed by atoms with Gasteiger partial charge in [0.05, 0.1) is 0 Å². The van der Waals surface area contributed by atoms with E-state index in [2.05, 4.69) is 10.6 Å². The van der Waals surface area contributed by atoms with E-state index in [4.69, 9.17) is 4.74 Å². The van der Waals surface area contributed by atoms with Gasteiger partial charge in [0.15, 0.2) is 6.61 Å². The first-order valence-electron chi connectivity index (χ1n) is 5.52. The molecule has 0 saturated carbocycles. The van der Waals surface area contributed by atoms with E-state index in [-0.39, 0.29) is 31.0 Å². The number of benzene rings is 1. The van der Waals surface area contributed by atoms with E-state index in [1.54, 1.807) is 0 Å². The summed E-state index contributed by atoms with van der Waals surface area (Å²) in [6, 6.07) is 9.61. The van der Waals surface area contributed by atoms with Crippen molar-refractivity contribution < 1.29 is 9.53 Å². The minimum Gasteiger partial charge on any atom is -0.484 e. The Kier molecular flexibility index (Phi) is 5.80. The molecule has 1 aromatic rings. The highest BCUT2D eigenvalue weighted by atomic mass is 35.5. The zero-order valence-electron chi connectivity index (χ0n) is 9.52. The van der Waals surface area contributed by atoms with Gasteiger partial charge in [-0.25, -0.2) is 0 Å². The maximum Gasteiger partial charge on any atom is 0.258 e. The molecule has 1 amide bonds. The summed E-state index contributed by atoms with van der Waals surface area (Å²) in [7, 11) is 0. The largest absolute Gasteiger partial charge is 0.484 e. The first kappa shape index (κ1) is 13.8. The molecule has 1 aromatic carbocycles. The number of carbonyl (C=O) groups is 1. The Bertz CT molecular complexity index is 340. The van der Waals surface area contributed by atoms with Crippen LogP contribution in [-0.2, 0) is 4.79 Å². The highest BCUT2D eigenvalue weighted by Gasteiger charge is 2.16. The molecule has 17 heavy (non-hydrogen) atoms. The van der Waals surface area contributed by atoms with Gasteiger partial charge >= 0.3 is 0 Å². The molecule has 1 fully saturated rings. The Balaban J connectivity index is 0.00000144. The van der Waals surface area contributed by atoms with Crippen LogP contribution in [0.15, 0.2) is 30.3 Å². The summed E-state index contributed by atoms with van der Waals surface area (Å²) in [5, 5.41) is 6.12. The predicted octanol–water partition coefficient (Wildman–Crippen LogP) is 0.965. The van der Waals surface area contributed by atoms with Crippen molar-refractivity contribution in [2.24, 2.45) is 0 Å². The van der Waals surface area contributed by atoms with Crippen LogP contribution in [0.3, 0.4) is 0 Å². The van der Waals surface area contributed by atoms with E-state index in [0.29, 0.717) is 0 Å². The molecule has 2 rings (SSSR count). The molecular weight excluding hydrogens is 240 g/mol. The van der Waals surface area contributed by atoms with Crippen LogP contribution in [-0.4, -0.2) is 31.6 Å². The van der Waals surface area contributed by atoms with Crippen molar-refractivity contribution in [3.63, 3.8) is 0 Å². The molecule has 1 unspecified atom stereocenters. The average Bonchev–Trinajstić information content (AvgIpc) is 2.81. The van der Waals surface area contributed by atoms with Gasteiger partial charge < -0.3 is 15.4 Å². The molecule has 0 spiro atoms. The Labute approximate surface area is 107 Å². The molecule has 0 aliphatic carbocycles. The molecule has 0 bridgehead atoms. The summed E-state index contributed by atoms with van der Waals surface area (Å²) >= 11 is 0. The third kappa shape index (κ3) is 4.63. The zero-order chi connectivity index (χ0) is 11.2. The topological polar surface area (TPSA) is 50.4 Å². The van der Waals surface area contributed by atoms with Crippen molar-refractivity contribution in [2.75, 3.05) is 19.7 Å². The summed E-state index contributed by atoms with van der Waals surface area (Å²) in [5.41, 5.74) is 0. The summed E-state index contributed by atoms with van der Waals surface area (Å²) in [4.78, 5) is 11.5. The zero-order valence-corrected chi connectivity index (χ0v) is 10.3. The number of carbonyl (C=O) groups excluding carboxylic acids is 1. The number of para-hydroxylation sites is 1. The van der Waals surface area contributed by atoms with Crippen molar-refractivity contribution in [3.8, 4) is 5.75 Å². The number of ether oxygens (including phenoxy) is 1. The van der Waals surface area contributed by atoms with Crippen molar-refractivity contribution in [3.05, 3.63) is 30.3 Å². The van der Waals surface area contributed by atoms with Crippen LogP contribution in [0, 0.1) is 0 Å². The number of rotatable bonds is 4. The summed E-state index contributed by atoms with van der Waals surface area (Å²) in [6.45, 7) is 1.92. The fourth-order valence-electron chi connectivity index (χ4n) is 1.71. The minimum absolute atomic E-state index is 0. The van der Waals surface area contributed by atoms with Gasteiger partial charge in [-0.3, -0.25) is 4.79 Å². The standard InChI is InChI=1S/C12H16N2O2.ClH/c15-12(14-10-6-7-13-8-10)9-16-11-4-2-1-3-5-11;/h1-5,10,13H,6-9H2,(H,14,15);1H. The van der Waals surface area contributed by atoms with E-state index in [1.807, 2.05) is 30.3 Å². The Hall–Kier alpha value is -1.26. The van der Waals surface area contributed by atoms with Gasteiger partial charge in [0.2, 0.25) is 0 Å². The third-order valence-corrected chi connectivity index (χ3v) is 2.54. The lowest BCUT2D eigenvalue weighted by molar-refractivity contribution is -0.123. The SMILES string of the molecule is Cl.O=C(COc1ccccc1)NC1CCNC1. The number of hydrogen-bond donors (Lipinski definition) is 2. The van der Waals surface area contributed by atoms with Gasteiger partial charge in [-0.2, -0.15) is 0 Å². The highest BCUT2D eigenvalue weighted by Crippen LogP contribution is 2.07. The second kappa shape index (κ2) is 7.14. The van der Waals surface area contributed by atoms with E-state index < -0.39 is 0 Å². The van der Waals surface area contributed by atoms with Crippen molar-refractivity contribution in [2.45, 2.75) is 12.5 Å². The van der Waals surface area contributed by atoms with E-state index in [0.717, 1.165) is 25.3 Å². The summed E-state index contributed by atoms with van der Waals surface area (Å²) < 4.78 is 5.35. The van der Waals surface area contributed by atoms with Gasteiger partial charge in [0.1, 0.15) is 5.75 Å². The summed E-state index contributed by atoms with van der Waals surface area (Å²) in [6.07, 6.45) is 0.997. The number of hydrogen-bond acceptors (Lipinski definition) is 3. The third-order valence-electron chi connectivity index (χ3n) is 2.54. The molecule has 0 radical (unpaired) electrons. The molecule has 2 N–H and O–H groups in total. The summed E-state index contributed by atoms with van der Waals surface area (Å²) in [5.74, 6) is 0.666. The van der Waals surface area contributed by atoms with Crippen LogP contribution in [0.2, 0.25) is 0 Å². The minimum atomic E-state index is -0.0578. The monoisotopic (exact) mass is 256 g/mol. The quantitative estimate of drug-likeness (QED) is 0.844. The highest BCUT2D eigenvalue weighted by molar-refractivity contribution is 5.85. The normalized spacial score (nSPS) is 18.2. The number of halogens is 1. The van der Waals surface area contributed by atoms with Crippen molar-refractivity contribution in [1.29, 1.82) is 0 Å². The fourth-order valence-corrected chi connectivity index (χ4v) is 1.71. The van der Waals surface area contributed by atoms with Crippen LogP contribution >= 0.6 is 12.4 Å². The Morgan fingerprint density at radius 3 is 2.82 bits per heavy atom. The maximum absolute atomic E-state index is 11.5. The van der Waals surface area contributed by atoms with Gasteiger partial charge in [0.25, 0.3) is 5.91 Å². The van der Waals surface area contributed by atoms with Crippen LogP contribution in [0.4, 0.5) is 0 Å². The molecule has 5 heteroatoms. The first-order valence-corrected chi connectivity index (χ1v) is 5.52. The van der Waals surface area contributed by atoms with Crippen molar-refractivity contribution in [1.82, 2.24) is 10.6 Å². The molecule has 4 nitrogen and oxygen atoms in total. The van der Waals surface area contributed by atoms with Crippen LogP contribution in [0.25, 0.3) is 0 Å². The Morgan fingerprint density at radius 2 is 2.18 bits per heavy atom. The first-order chi connectivity index (χ1) is 7.84. The fraction of sp³-hybridized carbons (Fsp3) is 0.417. The van der Waals surface area contributed by atoms with Gasteiger partial charge in [-0.15, -0.1) is 12.4 Å². The molecule has 94 valence electrons. The lowest BCUT2D eigenvalue weighted by atomic mass is 10.2. The van der Waals surface area contributed by atoms with Crippen LogP contribution in [0.1, 0.15) is 6.42 Å². The molecular formula is C12H17ClN2O2. The maximum atomic E-state index is 11.5. The molecule has 1 aliphatic rings. The number of amides is 1. The van der Waals surface area contributed by atoms with E-state index in [1.165, 1.54) is 0 Å². The second-order valence-corrected chi connectivity index (χ2v) is 3.86. The Morgan fingerprint density at radius 1 is 1.41 bits per heavy atom. The molecule has 1 atom stereocenters. The van der Waals surface area contributed by atoms with Crippen LogP contribution < -0.4 is 15.4 Å².